The first-order valence-corrected chi connectivity index (χ1v) is 7.83. The average molecular weight is 320 g/mol. The molecule has 6 heteroatoms. The minimum atomic E-state index is -0.310. The SMILES string of the molecule is Cc1noc(C)c1CNc1cc(F)ccc1OC[C@H]1CCCO1. The summed E-state index contributed by atoms with van der Waals surface area (Å²) in [5.74, 6) is 1.07. The Morgan fingerprint density at radius 2 is 2.26 bits per heavy atom. The summed E-state index contributed by atoms with van der Waals surface area (Å²) in [5.41, 5.74) is 2.41. The van der Waals surface area contributed by atoms with Crippen LogP contribution < -0.4 is 10.1 Å². The number of halogens is 1. The van der Waals surface area contributed by atoms with Crippen molar-refractivity contribution in [2.75, 3.05) is 18.5 Å². The molecule has 0 amide bonds. The van der Waals surface area contributed by atoms with E-state index < -0.39 is 0 Å². The number of benzene rings is 1. The van der Waals surface area contributed by atoms with Gasteiger partial charge in [-0.25, -0.2) is 4.39 Å². The normalized spacial score (nSPS) is 17.4. The van der Waals surface area contributed by atoms with Crippen molar-refractivity contribution >= 4 is 5.69 Å². The van der Waals surface area contributed by atoms with Gasteiger partial charge in [0.15, 0.2) is 0 Å². The second-order valence-electron chi connectivity index (χ2n) is 5.74. The molecule has 1 fully saturated rings. The van der Waals surface area contributed by atoms with Crippen LogP contribution in [0.2, 0.25) is 0 Å². The van der Waals surface area contributed by atoms with E-state index >= 15 is 0 Å². The summed E-state index contributed by atoms with van der Waals surface area (Å²) in [6.45, 7) is 5.51. The fourth-order valence-corrected chi connectivity index (χ4v) is 2.66. The van der Waals surface area contributed by atoms with E-state index in [1.165, 1.54) is 12.1 Å². The van der Waals surface area contributed by atoms with Gasteiger partial charge in [-0.15, -0.1) is 0 Å². The Bertz CT molecular complexity index is 646. The van der Waals surface area contributed by atoms with Gasteiger partial charge in [-0.3, -0.25) is 0 Å². The number of anilines is 1. The zero-order valence-electron chi connectivity index (χ0n) is 13.4. The molecule has 124 valence electrons. The van der Waals surface area contributed by atoms with E-state index in [1.807, 2.05) is 13.8 Å². The lowest BCUT2D eigenvalue weighted by Gasteiger charge is -2.16. The molecular formula is C17H21FN2O3. The highest BCUT2D eigenvalue weighted by atomic mass is 19.1. The second-order valence-corrected chi connectivity index (χ2v) is 5.74. The van der Waals surface area contributed by atoms with Crippen molar-refractivity contribution in [3.8, 4) is 5.75 Å². The Hall–Kier alpha value is -2.08. The van der Waals surface area contributed by atoms with Crippen LogP contribution in [0.1, 0.15) is 29.9 Å². The van der Waals surface area contributed by atoms with E-state index in [4.69, 9.17) is 14.0 Å². The highest BCUT2D eigenvalue weighted by Gasteiger charge is 2.17. The topological polar surface area (TPSA) is 56.5 Å². The van der Waals surface area contributed by atoms with Gasteiger partial charge in [0, 0.05) is 24.8 Å². The molecule has 23 heavy (non-hydrogen) atoms. The fourth-order valence-electron chi connectivity index (χ4n) is 2.66. The van der Waals surface area contributed by atoms with E-state index in [1.54, 1.807) is 6.07 Å². The lowest BCUT2D eigenvalue weighted by molar-refractivity contribution is 0.0682. The summed E-state index contributed by atoms with van der Waals surface area (Å²) >= 11 is 0. The number of hydrogen-bond donors (Lipinski definition) is 1. The van der Waals surface area contributed by atoms with Crippen LogP contribution >= 0.6 is 0 Å². The molecule has 1 aliphatic heterocycles. The number of rotatable bonds is 6. The van der Waals surface area contributed by atoms with E-state index in [0.717, 1.165) is 36.5 Å². The van der Waals surface area contributed by atoms with Gasteiger partial charge < -0.3 is 19.3 Å². The van der Waals surface area contributed by atoms with Gasteiger partial charge >= 0.3 is 0 Å². The van der Waals surface area contributed by atoms with Gasteiger partial charge in [-0.1, -0.05) is 5.16 Å². The first-order chi connectivity index (χ1) is 11.1. The smallest absolute Gasteiger partial charge is 0.142 e. The van der Waals surface area contributed by atoms with Crippen LogP contribution in [0.4, 0.5) is 10.1 Å². The van der Waals surface area contributed by atoms with Gasteiger partial charge in [0.25, 0.3) is 0 Å². The minimum Gasteiger partial charge on any atom is -0.489 e. The van der Waals surface area contributed by atoms with Crippen molar-refractivity contribution in [1.82, 2.24) is 5.16 Å². The molecule has 0 unspecified atom stereocenters. The van der Waals surface area contributed by atoms with Crippen LogP contribution in [0.25, 0.3) is 0 Å². The van der Waals surface area contributed by atoms with Gasteiger partial charge in [0.2, 0.25) is 0 Å². The summed E-state index contributed by atoms with van der Waals surface area (Å²) in [7, 11) is 0. The highest BCUT2D eigenvalue weighted by Crippen LogP contribution is 2.27. The third-order valence-corrected chi connectivity index (χ3v) is 4.03. The Morgan fingerprint density at radius 3 is 2.96 bits per heavy atom. The molecule has 1 aromatic heterocycles. The van der Waals surface area contributed by atoms with Crippen LogP contribution in [-0.2, 0) is 11.3 Å². The van der Waals surface area contributed by atoms with Crippen molar-refractivity contribution < 1.29 is 18.4 Å². The van der Waals surface area contributed by atoms with Crippen molar-refractivity contribution in [1.29, 1.82) is 0 Å². The van der Waals surface area contributed by atoms with Gasteiger partial charge in [-0.05, 0) is 38.8 Å². The predicted molar refractivity (Wildman–Crippen MR) is 84.2 cm³/mol. The maximum absolute atomic E-state index is 13.6. The molecule has 0 saturated carbocycles. The van der Waals surface area contributed by atoms with E-state index in [2.05, 4.69) is 10.5 Å². The Labute approximate surface area is 134 Å². The molecule has 2 aromatic rings. The number of nitrogens with one attached hydrogen (secondary N) is 1. The second kappa shape index (κ2) is 7.00. The van der Waals surface area contributed by atoms with Crippen molar-refractivity contribution in [3.63, 3.8) is 0 Å². The van der Waals surface area contributed by atoms with Crippen LogP contribution in [-0.4, -0.2) is 24.5 Å². The van der Waals surface area contributed by atoms with Crippen LogP contribution in [0, 0.1) is 19.7 Å². The molecule has 1 saturated heterocycles. The molecule has 1 N–H and O–H groups in total. The minimum absolute atomic E-state index is 0.121. The number of ether oxygens (including phenoxy) is 2. The molecule has 0 aliphatic carbocycles. The maximum atomic E-state index is 13.6. The summed E-state index contributed by atoms with van der Waals surface area (Å²) in [4.78, 5) is 0. The van der Waals surface area contributed by atoms with Crippen LogP contribution in [0.5, 0.6) is 5.75 Å². The predicted octanol–water partition coefficient (Wildman–Crippen LogP) is 3.60. The summed E-state index contributed by atoms with van der Waals surface area (Å²) in [6.07, 6.45) is 2.19. The zero-order chi connectivity index (χ0) is 16.2. The summed E-state index contributed by atoms with van der Waals surface area (Å²) in [5, 5.41) is 7.13. The average Bonchev–Trinajstić information content (AvgIpc) is 3.15. The monoisotopic (exact) mass is 320 g/mol. The van der Waals surface area contributed by atoms with Gasteiger partial charge in [0.1, 0.15) is 23.9 Å². The fraction of sp³-hybridized carbons (Fsp3) is 0.471. The molecule has 0 spiro atoms. The molecular weight excluding hydrogens is 299 g/mol. The van der Waals surface area contributed by atoms with E-state index in [-0.39, 0.29) is 11.9 Å². The molecule has 3 rings (SSSR count). The van der Waals surface area contributed by atoms with Crippen LogP contribution in [0.3, 0.4) is 0 Å². The Kier molecular flexibility index (Phi) is 4.81. The lowest BCUT2D eigenvalue weighted by Crippen LogP contribution is -2.17. The molecule has 1 aliphatic rings. The summed E-state index contributed by atoms with van der Waals surface area (Å²) in [6, 6.07) is 4.47. The Morgan fingerprint density at radius 1 is 1.39 bits per heavy atom. The Balaban J connectivity index is 1.68. The number of aromatic nitrogens is 1. The highest BCUT2D eigenvalue weighted by molar-refractivity contribution is 5.57. The molecule has 0 bridgehead atoms. The molecule has 2 heterocycles. The first-order valence-electron chi connectivity index (χ1n) is 7.83. The lowest BCUT2D eigenvalue weighted by atomic mass is 10.2. The molecule has 1 aromatic carbocycles. The number of nitrogens with zero attached hydrogens (tertiary/aromatic N) is 1. The third kappa shape index (κ3) is 3.82. The largest absolute Gasteiger partial charge is 0.489 e. The van der Waals surface area contributed by atoms with Crippen molar-refractivity contribution in [3.05, 3.63) is 41.0 Å². The number of hydrogen-bond acceptors (Lipinski definition) is 5. The van der Waals surface area contributed by atoms with Gasteiger partial charge in [0.05, 0.1) is 17.5 Å². The van der Waals surface area contributed by atoms with E-state index in [0.29, 0.717) is 24.6 Å². The van der Waals surface area contributed by atoms with E-state index in [9.17, 15) is 4.39 Å². The quantitative estimate of drug-likeness (QED) is 0.881. The maximum Gasteiger partial charge on any atom is 0.142 e. The molecule has 1 atom stereocenters. The standard InChI is InChI=1S/C17H21FN2O3/c1-11-15(12(2)23-20-11)9-19-16-8-13(18)5-6-17(16)22-10-14-4-3-7-21-14/h5-6,8,14,19H,3-4,7,9-10H2,1-2H3/t14-/m1/s1. The third-order valence-electron chi connectivity index (χ3n) is 4.03. The molecule has 5 nitrogen and oxygen atoms in total. The molecule has 0 radical (unpaired) electrons. The van der Waals surface area contributed by atoms with Gasteiger partial charge in [-0.2, -0.15) is 0 Å². The zero-order valence-corrected chi connectivity index (χ0v) is 13.4. The number of aryl methyl sites for hydroxylation is 2. The van der Waals surface area contributed by atoms with Crippen molar-refractivity contribution in [2.45, 2.75) is 39.3 Å². The first kappa shape index (κ1) is 15.8. The summed E-state index contributed by atoms with van der Waals surface area (Å²) < 4.78 is 30.1. The van der Waals surface area contributed by atoms with Crippen LogP contribution in [0.15, 0.2) is 22.7 Å². The van der Waals surface area contributed by atoms with Crippen molar-refractivity contribution in [2.24, 2.45) is 0 Å².